The lowest BCUT2D eigenvalue weighted by molar-refractivity contribution is -0.139. The van der Waals surface area contributed by atoms with Crippen LogP contribution < -0.4 is 0 Å². The molecule has 13 heavy (non-hydrogen) atoms. The average molecular weight is 221 g/mol. The zero-order chi connectivity index (χ0) is 9.84. The van der Waals surface area contributed by atoms with Gasteiger partial charge in [-0.15, -0.1) is 0 Å². The first kappa shape index (κ1) is 10.3. The number of rotatable bonds is 3. The number of carbonyl (C=O) groups is 1. The van der Waals surface area contributed by atoms with Gasteiger partial charge in [-0.1, -0.05) is 29.4 Å². The van der Waals surface area contributed by atoms with Gasteiger partial charge in [0.25, 0.3) is 0 Å². The highest BCUT2D eigenvalue weighted by atomic mass is 35.5. The minimum atomic E-state index is -1.95. The smallest absolute Gasteiger partial charge is 0.349 e. The molecule has 0 radical (unpaired) electrons. The van der Waals surface area contributed by atoms with E-state index in [4.69, 9.17) is 16.7 Å². The van der Waals surface area contributed by atoms with Gasteiger partial charge < -0.3 is 5.11 Å². The molecule has 0 aliphatic rings. The molecule has 0 saturated heterocycles. The van der Waals surface area contributed by atoms with Crippen molar-refractivity contribution in [2.75, 3.05) is 0 Å². The van der Waals surface area contributed by atoms with Crippen LogP contribution in [0.2, 0.25) is 5.02 Å². The molecular formula is C8H6ClFO2S. The van der Waals surface area contributed by atoms with E-state index >= 15 is 0 Å². The Morgan fingerprint density at radius 2 is 2.31 bits per heavy atom. The zero-order valence-electron chi connectivity index (χ0n) is 6.41. The third-order valence-corrected chi connectivity index (χ3v) is 2.40. The summed E-state index contributed by atoms with van der Waals surface area (Å²) in [6, 6.07) is 6.40. The highest BCUT2D eigenvalue weighted by Crippen LogP contribution is 2.26. The van der Waals surface area contributed by atoms with E-state index in [1.165, 1.54) is 6.07 Å². The topological polar surface area (TPSA) is 37.3 Å². The summed E-state index contributed by atoms with van der Waals surface area (Å²) in [6.07, 6.45) is 0. The number of carboxylic acid groups (broad SMARTS) is 1. The lowest BCUT2D eigenvalue weighted by atomic mass is 10.4. The summed E-state index contributed by atoms with van der Waals surface area (Å²) >= 11 is 6.24. The lowest BCUT2D eigenvalue weighted by Gasteiger charge is -2.02. The van der Waals surface area contributed by atoms with E-state index in [0.29, 0.717) is 21.7 Å². The first-order valence-corrected chi connectivity index (χ1v) is 4.64. The van der Waals surface area contributed by atoms with Crippen LogP contribution in [-0.2, 0) is 4.79 Å². The van der Waals surface area contributed by atoms with Gasteiger partial charge in [0.15, 0.2) is 0 Å². The second kappa shape index (κ2) is 4.48. The second-order valence-electron chi connectivity index (χ2n) is 2.23. The largest absolute Gasteiger partial charge is 0.478 e. The molecule has 1 unspecified atom stereocenters. The van der Waals surface area contributed by atoms with Gasteiger partial charge in [0.05, 0.1) is 0 Å². The van der Waals surface area contributed by atoms with Crippen LogP contribution >= 0.6 is 23.4 Å². The Labute approximate surface area is 83.7 Å². The molecular weight excluding hydrogens is 215 g/mol. The van der Waals surface area contributed by atoms with Crippen molar-refractivity contribution in [1.29, 1.82) is 0 Å². The number of thioether (sulfide) groups is 1. The van der Waals surface area contributed by atoms with Gasteiger partial charge in [-0.2, -0.15) is 0 Å². The van der Waals surface area contributed by atoms with E-state index in [1.54, 1.807) is 18.2 Å². The highest BCUT2D eigenvalue weighted by Gasteiger charge is 2.16. The van der Waals surface area contributed by atoms with E-state index in [0.717, 1.165) is 0 Å². The molecule has 0 aromatic heterocycles. The van der Waals surface area contributed by atoms with Crippen molar-refractivity contribution in [3.8, 4) is 0 Å². The van der Waals surface area contributed by atoms with Crippen LogP contribution in [0.4, 0.5) is 4.39 Å². The van der Waals surface area contributed by atoms with Crippen molar-refractivity contribution in [3.05, 3.63) is 29.3 Å². The second-order valence-corrected chi connectivity index (χ2v) is 3.79. The van der Waals surface area contributed by atoms with Crippen LogP contribution in [0.25, 0.3) is 0 Å². The Balaban J connectivity index is 2.69. The summed E-state index contributed by atoms with van der Waals surface area (Å²) in [4.78, 5) is 10.7. The molecule has 0 saturated carbocycles. The maximum atomic E-state index is 12.7. The van der Waals surface area contributed by atoms with E-state index in [1.807, 2.05) is 0 Å². The Hall–Kier alpha value is -0.740. The summed E-state index contributed by atoms with van der Waals surface area (Å²) in [5.74, 6) is -1.48. The van der Waals surface area contributed by atoms with E-state index in [2.05, 4.69) is 0 Å². The van der Waals surface area contributed by atoms with Crippen LogP contribution in [0.5, 0.6) is 0 Å². The number of alkyl halides is 1. The summed E-state index contributed by atoms with van der Waals surface area (Å²) in [5, 5.41) is 8.74. The minimum absolute atomic E-state index is 0.461. The predicted octanol–water partition coefficient (Wildman–Crippen LogP) is 2.81. The maximum Gasteiger partial charge on any atom is 0.349 e. The number of hydrogen-bond acceptors (Lipinski definition) is 2. The molecule has 2 nitrogen and oxygen atoms in total. The third-order valence-electron chi connectivity index (χ3n) is 1.23. The number of aliphatic carboxylic acids is 1. The molecule has 70 valence electrons. The van der Waals surface area contributed by atoms with Gasteiger partial charge in [0, 0.05) is 9.92 Å². The molecule has 0 fully saturated rings. The van der Waals surface area contributed by atoms with Crippen molar-refractivity contribution >= 4 is 29.3 Å². The van der Waals surface area contributed by atoms with Gasteiger partial charge in [-0.25, -0.2) is 9.18 Å². The summed E-state index contributed by atoms with van der Waals surface area (Å²) in [7, 11) is 0. The molecule has 1 rings (SSSR count). The first-order chi connectivity index (χ1) is 6.09. The quantitative estimate of drug-likeness (QED) is 0.796. The van der Waals surface area contributed by atoms with Gasteiger partial charge >= 0.3 is 5.97 Å². The minimum Gasteiger partial charge on any atom is -0.478 e. The van der Waals surface area contributed by atoms with Crippen LogP contribution in [0.3, 0.4) is 0 Å². The van der Waals surface area contributed by atoms with Gasteiger partial charge in [0.1, 0.15) is 0 Å². The highest BCUT2D eigenvalue weighted by molar-refractivity contribution is 8.00. The van der Waals surface area contributed by atoms with Crippen LogP contribution in [-0.4, -0.2) is 16.6 Å². The predicted molar refractivity (Wildman–Crippen MR) is 49.8 cm³/mol. The maximum absolute atomic E-state index is 12.7. The Morgan fingerprint density at radius 3 is 2.85 bits per heavy atom. The summed E-state index contributed by atoms with van der Waals surface area (Å²) in [5.41, 5.74) is -1.95. The zero-order valence-corrected chi connectivity index (χ0v) is 7.98. The van der Waals surface area contributed by atoms with Crippen molar-refractivity contribution in [2.45, 2.75) is 10.4 Å². The Morgan fingerprint density at radius 1 is 1.62 bits per heavy atom. The van der Waals surface area contributed by atoms with Gasteiger partial charge in [0.2, 0.25) is 5.50 Å². The van der Waals surface area contributed by atoms with Crippen molar-refractivity contribution in [3.63, 3.8) is 0 Å². The van der Waals surface area contributed by atoms with E-state index in [9.17, 15) is 9.18 Å². The fourth-order valence-electron chi connectivity index (χ4n) is 0.710. The number of benzene rings is 1. The van der Waals surface area contributed by atoms with E-state index < -0.39 is 11.5 Å². The molecule has 1 aromatic carbocycles. The van der Waals surface area contributed by atoms with Gasteiger partial charge in [-0.3, -0.25) is 0 Å². The SMILES string of the molecule is O=C(O)C(F)Sc1cccc(Cl)c1. The van der Waals surface area contributed by atoms with Crippen molar-refractivity contribution < 1.29 is 14.3 Å². The average Bonchev–Trinajstić information content (AvgIpc) is 2.04. The fraction of sp³-hybridized carbons (Fsp3) is 0.125. The number of hydrogen-bond donors (Lipinski definition) is 1. The monoisotopic (exact) mass is 220 g/mol. The standard InChI is InChI=1S/C8H6ClFO2S/c9-5-2-1-3-6(4-5)13-7(10)8(11)12/h1-4,7H,(H,11,12). The molecule has 1 aromatic rings. The Bertz CT molecular complexity index is 319. The third kappa shape index (κ3) is 3.24. The van der Waals surface area contributed by atoms with Crippen molar-refractivity contribution in [1.82, 2.24) is 0 Å². The molecule has 0 aliphatic heterocycles. The van der Waals surface area contributed by atoms with Crippen molar-refractivity contribution in [2.24, 2.45) is 0 Å². The molecule has 0 aliphatic carbocycles. The van der Waals surface area contributed by atoms with Crippen LogP contribution in [0.15, 0.2) is 29.2 Å². The van der Waals surface area contributed by atoms with Crippen LogP contribution in [0, 0.1) is 0 Å². The first-order valence-electron chi connectivity index (χ1n) is 3.38. The summed E-state index contributed by atoms with van der Waals surface area (Å²) < 4.78 is 12.7. The molecule has 0 amide bonds. The Kier molecular flexibility index (Phi) is 3.57. The number of halogens is 2. The molecule has 1 atom stereocenters. The molecule has 0 heterocycles. The molecule has 0 bridgehead atoms. The summed E-state index contributed by atoms with van der Waals surface area (Å²) in [6.45, 7) is 0. The lowest BCUT2D eigenvalue weighted by Crippen LogP contribution is -2.09. The fourth-order valence-corrected chi connectivity index (χ4v) is 1.66. The molecule has 5 heteroatoms. The molecule has 1 N–H and O–H groups in total. The van der Waals surface area contributed by atoms with E-state index in [-0.39, 0.29) is 0 Å². The number of carboxylic acids is 1. The normalized spacial score (nSPS) is 12.5. The van der Waals surface area contributed by atoms with Crippen LogP contribution in [0.1, 0.15) is 0 Å². The molecule has 0 spiro atoms. The van der Waals surface area contributed by atoms with Gasteiger partial charge in [-0.05, 0) is 18.2 Å².